The van der Waals surface area contributed by atoms with Gasteiger partial charge in [0.1, 0.15) is 24.7 Å². The number of nitrogens with one attached hydrogen (secondary N) is 1. The smallest absolute Gasteiger partial charge is 0.342 e. The Morgan fingerprint density at radius 2 is 1.91 bits per heavy atom. The summed E-state index contributed by atoms with van der Waals surface area (Å²) in [6, 6.07) is 1.91. The zero-order chi connectivity index (χ0) is 24.7. The predicted molar refractivity (Wildman–Crippen MR) is 128 cm³/mol. The molecule has 1 N–H and O–H groups in total. The summed E-state index contributed by atoms with van der Waals surface area (Å²) in [5.74, 6) is -0.105. The van der Waals surface area contributed by atoms with Crippen LogP contribution in [0.15, 0.2) is 35.4 Å². The molecule has 0 aromatic carbocycles. The molecule has 2 amide bonds. The van der Waals surface area contributed by atoms with Gasteiger partial charge in [0.05, 0.1) is 31.3 Å². The van der Waals surface area contributed by atoms with Gasteiger partial charge in [-0.25, -0.2) is 14.2 Å². The Balaban J connectivity index is 2.12. The average Bonchev–Trinajstić information content (AvgIpc) is 2.77. The summed E-state index contributed by atoms with van der Waals surface area (Å²) in [7, 11) is 1.57. The van der Waals surface area contributed by atoms with Gasteiger partial charge in [-0.1, -0.05) is 13.0 Å². The van der Waals surface area contributed by atoms with Crippen LogP contribution in [0.25, 0.3) is 0 Å². The van der Waals surface area contributed by atoms with Crippen LogP contribution in [0.4, 0.5) is 10.2 Å². The van der Waals surface area contributed by atoms with E-state index in [-0.39, 0.29) is 23.4 Å². The highest BCUT2D eigenvalue weighted by Gasteiger charge is 2.30. The number of anilines is 1. The van der Waals surface area contributed by atoms with E-state index in [4.69, 9.17) is 4.74 Å². The Hall–Kier alpha value is -2.58. The number of piperazine rings is 1. The lowest BCUT2D eigenvalue weighted by molar-refractivity contribution is -0.819. The molecular weight excluding hydrogens is 423 g/mol. The maximum absolute atomic E-state index is 15.0. The van der Waals surface area contributed by atoms with E-state index in [2.05, 4.69) is 16.0 Å². The van der Waals surface area contributed by atoms with Crippen LogP contribution in [0, 0.1) is 13.8 Å². The van der Waals surface area contributed by atoms with Gasteiger partial charge in [-0.2, -0.15) is 0 Å². The van der Waals surface area contributed by atoms with Crippen LogP contribution in [0.1, 0.15) is 45.2 Å². The number of methoxy groups -OCH3 is 1. The Morgan fingerprint density at radius 3 is 2.42 bits per heavy atom. The summed E-state index contributed by atoms with van der Waals surface area (Å²) in [4.78, 5) is 34.1. The van der Waals surface area contributed by atoms with Gasteiger partial charge in [0.2, 0.25) is 5.91 Å². The standard InChI is InChI=1S/C25H37FN4O3/c1-8-22(16-33-7)30(21(6)31)19(4)14-23(26)20(5)25(32)29-11-9-28(10-12-29)24-18(3)13-17(2)15-27-24/h13-15,22H,8-12,16H2,1-7H3/p+1/b19-14+,23-20-. The molecule has 1 aliphatic heterocycles. The molecule has 0 bridgehead atoms. The minimum Gasteiger partial charge on any atom is -0.383 e. The van der Waals surface area contributed by atoms with Gasteiger partial charge in [0.25, 0.3) is 0 Å². The highest BCUT2D eigenvalue weighted by molar-refractivity contribution is 5.87. The number of hydrogen-bond donors (Lipinski definition) is 1. The number of aromatic nitrogens is 1. The first-order valence-electron chi connectivity index (χ1n) is 11.5. The number of amides is 2. The highest BCUT2D eigenvalue weighted by Crippen LogP contribution is 2.19. The Bertz CT molecular complexity index is 920. The zero-order valence-electron chi connectivity index (χ0n) is 21.0. The van der Waals surface area contributed by atoms with Gasteiger partial charge in [-0.05, 0) is 51.3 Å². The Labute approximate surface area is 196 Å². The number of rotatable bonds is 8. The minimum absolute atomic E-state index is 0.0748. The van der Waals surface area contributed by atoms with Gasteiger partial charge in [-0.3, -0.25) is 9.69 Å². The van der Waals surface area contributed by atoms with Crippen molar-refractivity contribution in [3.63, 3.8) is 0 Å². The summed E-state index contributed by atoms with van der Waals surface area (Å²) in [6.45, 7) is 13.5. The Morgan fingerprint density at radius 1 is 1.27 bits per heavy atom. The molecule has 1 aromatic rings. The monoisotopic (exact) mass is 461 g/mol. The molecule has 1 fully saturated rings. The molecule has 0 saturated carbocycles. The summed E-state index contributed by atoms with van der Waals surface area (Å²) in [6.07, 6.45) is 3.80. The fourth-order valence-corrected chi connectivity index (χ4v) is 4.35. The molecule has 1 aliphatic rings. The van der Waals surface area contributed by atoms with Gasteiger partial charge < -0.3 is 14.5 Å². The molecule has 1 atom stereocenters. The maximum Gasteiger partial charge on any atom is 0.342 e. The number of hydrogen-bond acceptors (Lipinski definition) is 5. The number of carbonyl (C=O) groups is 2. The van der Waals surface area contributed by atoms with E-state index in [1.54, 1.807) is 14.0 Å². The van der Waals surface area contributed by atoms with Crippen molar-refractivity contribution in [1.29, 1.82) is 0 Å². The number of halogens is 1. The molecule has 0 spiro atoms. The number of carbonyl (C=O) groups excluding carboxylic acids is 2. The lowest BCUT2D eigenvalue weighted by Crippen LogP contribution is -3.17. The highest BCUT2D eigenvalue weighted by atomic mass is 19.1. The van der Waals surface area contributed by atoms with Crippen LogP contribution in [0.3, 0.4) is 0 Å². The largest absolute Gasteiger partial charge is 0.383 e. The topological polar surface area (TPSA) is 67.2 Å². The number of quaternary nitrogens is 1. The van der Waals surface area contributed by atoms with E-state index in [9.17, 15) is 9.59 Å². The number of nitrogens with zero attached hydrogens (tertiary/aromatic N) is 3. The molecule has 8 heteroatoms. The maximum atomic E-state index is 15.0. The number of aryl methyl sites for hydroxylation is 2. The van der Waals surface area contributed by atoms with Crippen molar-refractivity contribution in [2.75, 3.05) is 44.8 Å². The van der Waals surface area contributed by atoms with Crippen molar-refractivity contribution >= 4 is 17.6 Å². The first kappa shape index (κ1) is 26.7. The third-order valence-electron chi connectivity index (χ3n) is 6.12. The van der Waals surface area contributed by atoms with E-state index in [1.807, 2.05) is 27.0 Å². The first-order valence-corrected chi connectivity index (χ1v) is 11.5. The van der Waals surface area contributed by atoms with E-state index in [0.29, 0.717) is 44.9 Å². The molecule has 0 radical (unpaired) electrons. The fourth-order valence-electron chi connectivity index (χ4n) is 4.35. The summed E-state index contributed by atoms with van der Waals surface area (Å²) in [5.41, 5.74) is 2.76. The summed E-state index contributed by atoms with van der Waals surface area (Å²) < 4.78 is 20.2. The van der Waals surface area contributed by atoms with Crippen molar-refractivity contribution < 1.29 is 23.6 Å². The molecule has 1 aromatic heterocycles. The van der Waals surface area contributed by atoms with Gasteiger partial charge in [0.15, 0.2) is 0 Å². The molecule has 2 heterocycles. The second-order valence-corrected chi connectivity index (χ2v) is 8.74. The van der Waals surface area contributed by atoms with Crippen LogP contribution in [0.2, 0.25) is 0 Å². The Kier molecular flexibility index (Phi) is 9.73. The lowest BCUT2D eigenvalue weighted by Gasteiger charge is -2.32. The molecule has 1 unspecified atom stereocenters. The van der Waals surface area contributed by atoms with Crippen LogP contribution >= 0.6 is 0 Å². The van der Waals surface area contributed by atoms with E-state index < -0.39 is 5.83 Å². The average molecular weight is 462 g/mol. The second kappa shape index (κ2) is 12.0. The molecular formula is C25H38FN4O3+. The van der Waals surface area contributed by atoms with E-state index in [1.165, 1.54) is 24.8 Å². The second-order valence-electron chi connectivity index (χ2n) is 8.74. The number of allylic oxidation sites excluding steroid dienone is 3. The lowest BCUT2D eigenvalue weighted by atomic mass is 10.1. The quantitative estimate of drug-likeness (QED) is 0.476. The molecule has 2 rings (SSSR count). The molecule has 33 heavy (non-hydrogen) atoms. The minimum atomic E-state index is -0.609. The van der Waals surface area contributed by atoms with Crippen molar-refractivity contribution in [1.82, 2.24) is 9.88 Å². The first-order chi connectivity index (χ1) is 15.6. The molecule has 0 aliphatic carbocycles. The molecule has 182 valence electrons. The third kappa shape index (κ3) is 6.71. The molecule has 1 saturated heterocycles. The van der Waals surface area contributed by atoms with Gasteiger partial charge in [-0.15, -0.1) is 0 Å². The summed E-state index contributed by atoms with van der Waals surface area (Å²) in [5, 5.41) is 0. The summed E-state index contributed by atoms with van der Waals surface area (Å²) >= 11 is 0. The van der Waals surface area contributed by atoms with Crippen molar-refractivity contribution in [2.45, 2.75) is 54.0 Å². The normalized spacial score (nSPS) is 17.0. The SMILES string of the molecule is CCC(COC)N(C(C)=O)/C(C)=C/C(F)=C(\C)C(=O)[NH+]1CCN(c2ncc(C)cc2C)CC1. The van der Waals surface area contributed by atoms with E-state index in [0.717, 1.165) is 21.8 Å². The van der Waals surface area contributed by atoms with Crippen molar-refractivity contribution in [3.8, 4) is 0 Å². The van der Waals surface area contributed by atoms with E-state index >= 15 is 4.39 Å². The van der Waals surface area contributed by atoms with Crippen molar-refractivity contribution in [2.24, 2.45) is 0 Å². The number of ether oxygens (including phenoxy) is 1. The third-order valence-corrected chi connectivity index (χ3v) is 6.12. The van der Waals surface area contributed by atoms with Crippen molar-refractivity contribution in [3.05, 3.63) is 46.6 Å². The molecule has 7 nitrogen and oxygen atoms in total. The predicted octanol–water partition coefficient (Wildman–Crippen LogP) is 2.35. The van der Waals surface area contributed by atoms with Gasteiger partial charge >= 0.3 is 5.91 Å². The van der Waals surface area contributed by atoms with Crippen LogP contribution < -0.4 is 9.80 Å². The van der Waals surface area contributed by atoms with Crippen LogP contribution in [-0.4, -0.2) is 67.6 Å². The van der Waals surface area contributed by atoms with Crippen LogP contribution in [0.5, 0.6) is 0 Å². The van der Waals surface area contributed by atoms with Gasteiger partial charge in [0, 0.05) is 25.9 Å². The zero-order valence-corrected chi connectivity index (χ0v) is 21.0. The van der Waals surface area contributed by atoms with Crippen LogP contribution in [-0.2, 0) is 14.3 Å². The number of pyridine rings is 1. The fraction of sp³-hybridized carbons (Fsp3) is 0.560.